The van der Waals surface area contributed by atoms with E-state index in [0.717, 1.165) is 12.8 Å². The Morgan fingerprint density at radius 3 is 2.60 bits per heavy atom. The number of morpholine rings is 1. The monoisotopic (exact) mass is 447 g/mol. The Morgan fingerprint density at radius 1 is 1.27 bits per heavy atom. The molecule has 1 aromatic rings. The lowest BCUT2D eigenvalue weighted by Gasteiger charge is -2.40. The molecule has 30 heavy (non-hydrogen) atoms. The maximum atomic E-state index is 12.3. The molecule has 0 aliphatic carbocycles. The van der Waals surface area contributed by atoms with Gasteiger partial charge in [0.05, 0.1) is 38.0 Å². The number of aryl methyl sites for hydroxylation is 1. The summed E-state index contributed by atoms with van der Waals surface area (Å²) < 4.78 is 22.3. The normalized spacial score (nSPS) is 30.0. The lowest BCUT2D eigenvalue weighted by molar-refractivity contribution is -0.124. The molecule has 11 nitrogen and oxygen atoms in total. The van der Waals surface area contributed by atoms with Crippen molar-refractivity contribution in [2.45, 2.75) is 51.2 Å². The van der Waals surface area contributed by atoms with Crippen molar-refractivity contribution in [1.82, 2.24) is 18.9 Å². The van der Waals surface area contributed by atoms with E-state index < -0.39 is 31.6 Å². The molecule has 0 bridgehead atoms. The Hall–Kier alpha value is -1.17. The first-order valence-electron chi connectivity index (χ1n) is 10.1. The summed E-state index contributed by atoms with van der Waals surface area (Å²) in [6.07, 6.45) is 1.88. The van der Waals surface area contributed by atoms with Crippen LogP contribution in [-0.2, 0) is 14.0 Å². The van der Waals surface area contributed by atoms with Crippen LogP contribution >= 0.6 is 8.02 Å². The standard InChI is InChI=1S/C18H31N4O7P/c1-12-7-22(18(25)19-17(12)24)16-9-21(8-15(10-23)29-16)30(26,20(3)4)27-11-14-6-5-13(2)28-14/h7,13-16,23,26H,5-6,8-11H2,1-4H3/p+1/t13-,14-,15-,16?,30?/m0/s1. The number of hydrogen-bond acceptors (Lipinski definition) is 9. The van der Waals surface area contributed by atoms with Crippen LogP contribution in [0.4, 0.5) is 0 Å². The predicted molar refractivity (Wildman–Crippen MR) is 111 cm³/mol. The van der Waals surface area contributed by atoms with Gasteiger partial charge in [0.2, 0.25) is 0 Å². The highest BCUT2D eigenvalue weighted by atomic mass is 31.2. The highest BCUT2D eigenvalue weighted by molar-refractivity contribution is 7.60. The van der Waals surface area contributed by atoms with Gasteiger partial charge < -0.3 is 14.6 Å². The molecule has 0 spiro atoms. The smallest absolute Gasteiger partial charge is 0.394 e. The van der Waals surface area contributed by atoms with E-state index in [0.29, 0.717) is 5.56 Å². The SMILES string of the molecule is Cc1cn(C2CN([P+](O)(OC[C@@H]3CC[C@H](C)O3)N(C)C)C[C@@H](CO)O2)c(=O)[nH]c1=O. The van der Waals surface area contributed by atoms with Crippen molar-refractivity contribution in [3.8, 4) is 0 Å². The Morgan fingerprint density at radius 2 is 2.00 bits per heavy atom. The Balaban J connectivity index is 1.83. The van der Waals surface area contributed by atoms with Crippen LogP contribution < -0.4 is 11.2 Å². The van der Waals surface area contributed by atoms with Crippen LogP contribution in [-0.4, -0.2) is 87.6 Å². The molecule has 2 aliphatic heterocycles. The zero-order valence-corrected chi connectivity index (χ0v) is 18.7. The zero-order valence-electron chi connectivity index (χ0n) is 17.9. The van der Waals surface area contributed by atoms with E-state index in [2.05, 4.69) is 4.98 Å². The first kappa shape index (κ1) is 23.5. The lowest BCUT2D eigenvalue weighted by atomic mass is 10.2. The summed E-state index contributed by atoms with van der Waals surface area (Å²) in [4.78, 5) is 37.8. The maximum Gasteiger partial charge on any atom is 0.433 e. The zero-order chi connectivity index (χ0) is 22.1. The second-order valence-electron chi connectivity index (χ2n) is 8.05. The van der Waals surface area contributed by atoms with Gasteiger partial charge in [-0.2, -0.15) is 9.42 Å². The minimum atomic E-state index is -3.23. The van der Waals surface area contributed by atoms with Crippen LogP contribution in [0.2, 0.25) is 0 Å². The van der Waals surface area contributed by atoms with Crippen molar-refractivity contribution in [1.29, 1.82) is 0 Å². The summed E-state index contributed by atoms with van der Waals surface area (Å²) in [7, 11) is 0.220. The number of aliphatic hydroxyl groups is 1. The van der Waals surface area contributed by atoms with Crippen molar-refractivity contribution in [3.05, 3.63) is 32.6 Å². The number of H-pyrrole nitrogens is 1. The predicted octanol–water partition coefficient (Wildman–Crippen LogP) is -0.148. The largest absolute Gasteiger partial charge is 0.433 e. The number of rotatable bonds is 7. The average molecular weight is 447 g/mol. The van der Waals surface area contributed by atoms with Crippen molar-refractivity contribution >= 4 is 8.02 Å². The molecule has 3 heterocycles. The molecule has 170 valence electrons. The number of aliphatic hydroxyl groups excluding tert-OH is 1. The molecule has 0 aromatic carbocycles. The Bertz CT molecular complexity index is 847. The summed E-state index contributed by atoms with van der Waals surface area (Å²) in [5.41, 5.74) is -0.721. The van der Waals surface area contributed by atoms with Gasteiger partial charge in [-0.15, -0.1) is 9.34 Å². The third kappa shape index (κ3) is 5.00. The number of ether oxygens (including phenoxy) is 2. The fourth-order valence-electron chi connectivity index (χ4n) is 3.71. The third-order valence-electron chi connectivity index (χ3n) is 5.43. The van der Waals surface area contributed by atoms with E-state index in [-0.39, 0.29) is 38.5 Å². The fraction of sp³-hybridized carbons (Fsp3) is 0.778. The van der Waals surface area contributed by atoms with Crippen LogP contribution in [0.15, 0.2) is 15.8 Å². The van der Waals surface area contributed by atoms with Gasteiger partial charge in [0.15, 0.2) is 6.23 Å². The molecule has 2 unspecified atom stereocenters. The Labute approximate surface area is 175 Å². The number of hydrogen-bond donors (Lipinski definition) is 3. The number of nitrogens with zero attached hydrogens (tertiary/aromatic N) is 3. The molecular formula is C18H32N4O7P+. The van der Waals surface area contributed by atoms with Crippen LogP contribution in [0.3, 0.4) is 0 Å². The second-order valence-corrected chi connectivity index (χ2v) is 10.7. The first-order chi connectivity index (χ1) is 14.1. The van der Waals surface area contributed by atoms with Gasteiger partial charge in [0.1, 0.15) is 6.61 Å². The van der Waals surface area contributed by atoms with E-state index in [4.69, 9.17) is 14.0 Å². The molecular weight excluding hydrogens is 415 g/mol. The van der Waals surface area contributed by atoms with Crippen LogP contribution in [0.25, 0.3) is 0 Å². The molecule has 2 saturated heterocycles. The van der Waals surface area contributed by atoms with Crippen molar-refractivity contribution in [2.24, 2.45) is 0 Å². The van der Waals surface area contributed by atoms with Gasteiger partial charge in [-0.25, -0.2) is 4.79 Å². The molecule has 2 aliphatic rings. The maximum absolute atomic E-state index is 12.3. The summed E-state index contributed by atoms with van der Waals surface area (Å²) >= 11 is 0. The molecule has 2 fully saturated rings. The molecule has 0 radical (unpaired) electrons. The second kappa shape index (κ2) is 9.54. The van der Waals surface area contributed by atoms with E-state index >= 15 is 0 Å². The summed E-state index contributed by atoms with van der Waals surface area (Å²) in [5.74, 6) is 0. The molecule has 1 aromatic heterocycles. The van der Waals surface area contributed by atoms with Crippen molar-refractivity contribution in [3.63, 3.8) is 0 Å². The van der Waals surface area contributed by atoms with Crippen LogP contribution in [0.1, 0.15) is 31.6 Å². The van der Waals surface area contributed by atoms with E-state index in [1.165, 1.54) is 10.8 Å². The summed E-state index contributed by atoms with van der Waals surface area (Å²) in [6.45, 7) is 3.93. The quantitative estimate of drug-likeness (QED) is 0.489. The molecule has 12 heteroatoms. The first-order valence-corrected chi connectivity index (χ1v) is 11.6. The number of aromatic amines is 1. The summed E-state index contributed by atoms with van der Waals surface area (Å²) in [5, 5.41) is 9.74. The number of nitrogens with one attached hydrogen (secondary N) is 1. The van der Waals surface area contributed by atoms with E-state index in [1.807, 2.05) is 6.92 Å². The van der Waals surface area contributed by atoms with Gasteiger partial charge in [-0.05, 0) is 26.7 Å². The van der Waals surface area contributed by atoms with Gasteiger partial charge in [-0.1, -0.05) is 0 Å². The van der Waals surface area contributed by atoms with E-state index in [9.17, 15) is 19.6 Å². The molecule has 5 atom stereocenters. The van der Waals surface area contributed by atoms with Gasteiger partial charge in [0.25, 0.3) is 5.56 Å². The fourth-order valence-corrected chi connectivity index (χ4v) is 5.72. The lowest BCUT2D eigenvalue weighted by Crippen LogP contribution is -2.51. The third-order valence-corrected chi connectivity index (χ3v) is 8.03. The Kier molecular flexibility index (Phi) is 7.47. The minimum Gasteiger partial charge on any atom is -0.394 e. The minimum absolute atomic E-state index is 0.0820. The van der Waals surface area contributed by atoms with Crippen LogP contribution in [0, 0.1) is 6.92 Å². The highest BCUT2D eigenvalue weighted by Crippen LogP contribution is 2.62. The average Bonchev–Trinajstić information content (AvgIpc) is 3.13. The van der Waals surface area contributed by atoms with Crippen LogP contribution in [0.5, 0.6) is 0 Å². The van der Waals surface area contributed by atoms with Gasteiger partial charge in [-0.3, -0.25) is 14.3 Å². The highest BCUT2D eigenvalue weighted by Gasteiger charge is 2.54. The number of aromatic nitrogens is 2. The summed E-state index contributed by atoms with van der Waals surface area (Å²) in [6, 6.07) is 0. The molecule has 3 N–H and O–H groups in total. The molecule has 0 saturated carbocycles. The van der Waals surface area contributed by atoms with Gasteiger partial charge in [0, 0.05) is 25.9 Å². The van der Waals surface area contributed by atoms with Gasteiger partial charge >= 0.3 is 13.7 Å². The van der Waals surface area contributed by atoms with Crippen molar-refractivity contribution in [2.75, 3.05) is 40.4 Å². The molecule has 3 rings (SSSR count). The van der Waals surface area contributed by atoms with E-state index in [1.54, 1.807) is 30.4 Å². The molecule has 0 amide bonds. The van der Waals surface area contributed by atoms with Crippen molar-refractivity contribution < 1.29 is 24.0 Å². The topological polar surface area (TPSA) is 129 Å².